The first-order chi connectivity index (χ1) is 13.5. The standard InChI is InChI=1S/C20H20Cl2N2O4/c1-27-18-15(21)9-12(10-16(18)22)19(25)24-17-7-3-2-6-14(17)20(26)23-11-13-5-4-8-28-13/h2-3,6-7,9-10,13H,4-5,8,11H2,1H3,(H,23,26)(H,24,25). The van der Waals surface area contributed by atoms with Crippen molar-refractivity contribution in [2.24, 2.45) is 0 Å². The van der Waals surface area contributed by atoms with Gasteiger partial charge in [0.1, 0.15) is 0 Å². The monoisotopic (exact) mass is 422 g/mol. The van der Waals surface area contributed by atoms with Crippen LogP contribution in [-0.4, -0.2) is 38.2 Å². The van der Waals surface area contributed by atoms with E-state index < -0.39 is 5.91 Å². The van der Waals surface area contributed by atoms with Crippen LogP contribution in [0.15, 0.2) is 36.4 Å². The summed E-state index contributed by atoms with van der Waals surface area (Å²) >= 11 is 12.2. The predicted octanol–water partition coefficient (Wildman–Crippen LogP) is 4.16. The van der Waals surface area contributed by atoms with Crippen LogP contribution in [0.2, 0.25) is 10.0 Å². The zero-order chi connectivity index (χ0) is 20.1. The Bertz CT molecular complexity index is 859. The zero-order valence-electron chi connectivity index (χ0n) is 15.3. The second-order valence-electron chi connectivity index (χ2n) is 6.32. The lowest BCUT2D eigenvalue weighted by atomic mass is 10.1. The number of hydrogen-bond donors (Lipinski definition) is 2. The van der Waals surface area contributed by atoms with E-state index in [-0.39, 0.29) is 27.6 Å². The molecule has 1 aliphatic heterocycles. The zero-order valence-corrected chi connectivity index (χ0v) is 16.8. The van der Waals surface area contributed by atoms with E-state index in [9.17, 15) is 9.59 Å². The van der Waals surface area contributed by atoms with E-state index in [2.05, 4.69) is 10.6 Å². The Kier molecular flexibility index (Phi) is 6.78. The van der Waals surface area contributed by atoms with E-state index in [1.54, 1.807) is 24.3 Å². The van der Waals surface area contributed by atoms with E-state index in [1.165, 1.54) is 19.2 Å². The summed E-state index contributed by atoms with van der Waals surface area (Å²) in [5.41, 5.74) is 1.00. The SMILES string of the molecule is COc1c(Cl)cc(C(=O)Nc2ccccc2C(=O)NCC2CCCO2)cc1Cl. The number of anilines is 1. The van der Waals surface area contributed by atoms with Crippen molar-refractivity contribution in [2.75, 3.05) is 25.6 Å². The van der Waals surface area contributed by atoms with Gasteiger partial charge < -0.3 is 20.1 Å². The smallest absolute Gasteiger partial charge is 0.255 e. The molecule has 2 N–H and O–H groups in total. The van der Waals surface area contributed by atoms with E-state index in [1.807, 2.05) is 0 Å². The molecule has 1 fully saturated rings. The van der Waals surface area contributed by atoms with Crippen molar-refractivity contribution < 1.29 is 19.1 Å². The van der Waals surface area contributed by atoms with Crippen molar-refractivity contribution in [3.8, 4) is 5.75 Å². The summed E-state index contributed by atoms with van der Waals surface area (Å²) in [6.07, 6.45) is 1.96. The summed E-state index contributed by atoms with van der Waals surface area (Å²) < 4.78 is 10.6. The number of ether oxygens (including phenoxy) is 2. The number of rotatable bonds is 6. The summed E-state index contributed by atoms with van der Waals surface area (Å²) in [5.74, 6) is -0.420. The van der Waals surface area contributed by atoms with Crippen molar-refractivity contribution in [1.29, 1.82) is 0 Å². The minimum atomic E-state index is -0.439. The Morgan fingerprint density at radius 2 is 1.89 bits per heavy atom. The topological polar surface area (TPSA) is 76.7 Å². The molecule has 1 atom stereocenters. The summed E-state index contributed by atoms with van der Waals surface area (Å²) in [6.45, 7) is 1.16. The molecule has 1 heterocycles. The van der Waals surface area contributed by atoms with Gasteiger partial charge in [0, 0.05) is 18.7 Å². The van der Waals surface area contributed by atoms with Gasteiger partial charge >= 0.3 is 0 Å². The molecule has 3 rings (SSSR count). The fourth-order valence-corrected chi connectivity index (χ4v) is 3.62. The Labute approximate surface area is 173 Å². The Balaban J connectivity index is 1.73. The number of benzene rings is 2. The molecule has 2 aromatic rings. The number of methoxy groups -OCH3 is 1. The molecule has 0 saturated carbocycles. The first-order valence-corrected chi connectivity index (χ1v) is 9.58. The third kappa shape index (κ3) is 4.76. The van der Waals surface area contributed by atoms with Gasteiger partial charge in [-0.1, -0.05) is 35.3 Å². The molecule has 0 aromatic heterocycles. The molecular formula is C20H20Cl2N2O4. The van der Waals surface area contributed by atoms with E-state index in [0.717, 1.165) is 19.4 Å². The quantitative estimate of drug-likeness (QED) is 0.732. The molecule has 2 aromatic carbocycles. The average molecular weight is 423 g/mol. The molecule has 28 heavy (non-hydrogen) atoms. The van der Waals surface area contributed by atoms with Crippen LogP contribution in [0.5, 0.6) is 5.75 Å². The van der Waals surface area contributed by atoms with E-state index in [4.69, 9.17) is 32.7 Å². The van der Waals surface area contributed by atoms with Gasteiger partial charge in [-0.2, -0.15) is 0 Å². The van der Waals surface area contributed by atoms with Gasteiger partial charge in [0.05, 0.1) is 34.5 Å². The Morgan fingerprint density at radius 3 is 2.54 bits per heavy atom. The number of amides is 2. The van der Waals surface area contributed by atoms with Crippen molar-refractivity contribution in [2.45, 2.75) is 18.9 Å². The minimum Gasteiger partial charge on any atom is -0.494 e. The van der Waals surface area contributed by atoms with Crippen LogP contribution in [-0.2, 0) is 4.74 Å². The molecule has 8 heteroatoms. The molecule has 0 aliphatic carbocycles. The lowest BCUT2D eigenvalue weighted by Crippen LogP contribution is -2.32. The third-order valence-electron chi connectivity index (χ3n) is 4.40. The van der Waals surface area contributed by atoms with Crippen molar-refractivity contribution in [3.05, 3.63) is 57.6 Å². The first-order valence-electron chi connectivity index (χ1n) is 8.83. The Hall–Kier alpha value is -2.28. The van der Waals surface area contributed by atoms with Gasteiger partial charge in [0.25, 0.3) is 11.8 Å². The maximum Gasteiger partial charge on any atom is 0.255 e. The number of nitrogens with one attached hydrogen (secondary N) is 2. The maximum absolute atomic E-state index is 12.6. The molecule has 0 bridgehead atoms. The molecule has 1 saturated heterocycles. The highest BCUT2D eigenvalue weighted by molar-refractivity contribution is 6.37. The van der Waals surface area contributed by atoms with Gasteiger partial charge in [0.15, 0.2) is 5.75 Å². The lowest BCUT2D eigenvalue weighted by Gasteiger charge is -2.14. The van der Waals surface area contributed by atoms with Gasteiger partial charge in [-0.25, -0.2) is 0 Å². The highest BCUT2D eigenvalue weighted by atomic mass is 35.5. The number of hydrogen-bond acceptors (Lipinski definition) is 4. The molecule has 148 valence electrons. The van der Waals surface area contributed by atoms with Crippen LogP contribution in [0, 0.1) is 0 Å². The van der Waals surface area contributed by atoms with E-state index >= 15 is 0 Å². The molecule has 0 spiro atoms. The summed E-state index contributed by atoms with van der Waals surface area (Å²) in [7, 11) is 1.44. The largest absolute Gasteiger partial charge is 0.494 e. The third-order valence-corrected chi connectivity index (χ3v) is 4.96. The van der Waals surface area contributed by atoms with Gasteiger partial charge in [-0.05, 0) is 37.1 Å². The van der Waals surface area contributed by atoms with Crippen molar-refractivity contribution in [3.63, 3.8) is 0 Å². The second kappa shape index (κ2) is 9.28. The normalized spacial score (nSPS) is 15.9. The average Bonchev–Trinajstić information content (AvgIpc) is 3.20. The molecule has 1 aliphatic rings. The minimum absolute atomic E-state index is 0.0364. The van der Waals surface area contributed by atoms with Crippen molar-refractivity contribution in [1.82, 2.24) is 5.32 Å². The van der Waals surface area contributed by atoms with Crippen LogP contribution >= 0.6 is 23.2 Å². The number of halogens is 2. The second-order valence-corrected chi connectivity index (χ2v) is 7.13. The van der Waals surface area contributed by atoms with Crippen LogP contribution in [0.1, 0.15) is 33.6 Å². The summed E-state index contributed by atoms with van der Waals surface area (Å²) in [4.78, 5) is 25.2. The molecule has 2 amide bonds. The highest BCUT2D eigenvalue weighted by Gasteiger charge is 2.19. The van der Waals surface area contributed by atoms with Gasteiger partial charge in [-0.15, -0.1) is 0 Å². The fraction of sp³-hybridized carbons (Fsp3) is 0.300. The molecule has 6 nitrogen and oxygen atoms in total. The summed E-state index contributed by atoms with van der Waals surface area (Å²) in [6, 6.07) is 9.70. The number of carbonyl (C=O) groups excluding carboxylic acids is 2. The lowest BCUT2D eigenvalue weighted by molar-refractivity contribution is 0.0858. The van der Waals surface area contributed by atoms with Gasteiger partial charge in [-0.3, -0.25) is 9.59 Å². The number of carbonyl (C=O) groups is 2. The van der Waals surface area contributed by atoms with Crippen molar-refractivity contribution >= 4 is 40.7 Å². The van der Waals surface area contributed by atoms with Gasteiger partial charge in [0.2, 0.25) is 0 Å². The first kappa shape index (κ1) is 20.5. The van der Waals surface area contributed by atoms with Crippen LogP contribution in [0.25, 0.3) is 0 Å². The maximum atomic E-state index is 12.6. The Morgan fingerprint density at radius 1 is 1.18 bits per heavy atom. The predicted molar refractivity (Wildman–Crippen MR) is 109 cm³/mol. The highest BCUT2D eigenvalue weighted by Crippen LogP contribution is 2.34. The molecule has 1 unspecified atom stereocenters. The van der Waals surface area contributed by atoms with Crippen LogP contribution in [0.4, 0.5) is 5.69 Å². The fourth-order valence-electron chi connectivity index (χ4n) is 2.98. The van der Waals surface area contributed by atoms with Crippen LogP contribution < -0.4 is 15.4 Å². The van der Waals surface area contributed by atoms with Crippen LogP contribution in [0.3, 0.4) is 0 Å². The molecule has 0 radical (unpaired) electrons. The summed E-state index contributed by atoms with van der Waals surface area (Å²) in [5, 5.41) is 6.04. The number of para-hydroxylation sites is 1. The molecular weight excluding hydrogens is 403 g/mol. The van der Waals surface area contributed by atoms with E-state index in [0.29, 0.717) is 23.5 Å².